The van der Waals surface area contributed by atoms with E-state index in [-0.39, 0.29) is 6.54 Å². The lowest BCUT2D eigenvalue weighted by atomic mass is 10.6. The zero-order valence-corrected chi connectivity index (χ0v) is 7.84. The zero-order chi connectivity index (χ0) is 9.84. The number of hydrogen-bond donors (Lipinski definition) is 1. The van der Waals surface area contributed by atoms with Gasteiger partial charge < -0.3 is 0 Å². The van der Waals surface area contributed by atoms with Crippen LogP contribution in [-0.2, 0) is 17.3 Å². The van der Waals surface area contributed by atoms with Crippen LogP contribution in [0.3, 0.4) is 0 Å². The van der Waals surface area contributed by atoms with Crippen molar-refractivity contribution in [3.05, 3.63) is 27.0 Å². The van der Waals surface area contributed by atoms with Gasteiger partial charge in [0.25, 0.3) is 0 Å². The highest BCUT2D eigenvalue weighted by molar-refractivity contribution is 7.84. The van der Waals surface area contributed by atoms with Crippen molar-refractivity contribution in [1.82, 2.24) is 14.8 Å². The molecule has 1 rings (SSSR count). The molecule has 6 nitrogen and oxygen atoms in total. The summed E-state index contributed by atoms with van der Waals surface area (Å²) in [4.78, 5) is 21.8. The maximum Gasteiger partial charge on any atom is 0.330 e. The molecule has 1 aromatic heterocycles. The molecule has 0 aliphatic rings. The van der Waals surface area contributed by atoms with Gasteiger partial charge in [-0.1, -0.05) is 0 Å². The lowest BCUT2D eigenvalue weighted by Gasteiger charge is -2.00. The van der Waals surface area contributed by atoms with E-state index in [1.54, 1.807) is 0 Å². The summed E-state index contributed by atoms with van der Waals surface area (Å²) in [6.07, 6.45) is 2.75. The van der Waals surface area contributed by atoms with Gasteiger partial charge in [0.15, 0.2) is 0 Å². The second-order valence-corrected chi connectivity index (χ2v) is 4.02. The van der Waals surface area contributed by atoms with Gasteiger partial charge in [-0.05, 0) is 0 Å². The second kappa shape index (κ2) is 4.13. The Bertz CT molecular complexity index is 422. The molecule has 0 aliphatic carbocycles. The van der Waals surface area contributed by atoms with E-state index in [4.69, 9.17) is 0 Å². The summed E-state index contributed by atoms with van der Waals surface area (Å²) in [6.45, 7) is 0.249. The van der Waals surface area contributed by atoms with E-state index in [9.17, 15) is 13.8 Å². The van der Waals surface area contributed by atoms with E-state index in [1.807, 2.05) is 5.10 Å². The Morgan fingerprint density at radius 2 is 2.31 bits per heavy atom. The molecular formula is C6H9N3O3S. The highest BCUT2D eigenvalue weighted by Crippen LogP contribution is 1.78. The summed E-state index contributed by atoms with van der Waals surface area (Å²) in [5, 5.41) is 5.46. The molecule has 0 aliphatic heterocycles. The lowest BCUT2D eigenvalue weighted by molar-refractivity contribution is 0.653. The van der Waals surface area contributed by atoms with Crippen LogP contribution in [0.4, 0.5) is 0 Å². The fraction of sp³-hybridized carbons (Fsp3) is 0.500. The van der Waals surface area contributed by atoms with Crippen LogP contribution >= 0.6 is 0 Å². The summed E-state index contributed by atoms with van der Waals surface area (Å²) in [5.74, 6) is 0.338. The van der Waals surface area contributed by atoms with Crippen LogP contribution in [0.5, 0.6) is 0 Å². The largest absolute Gasteiger partial charge is 0.330 e. The minimum Gasteiger partial charge on any atom is -0.292 e. The Kier molecular flexibility index (Phi) is 3.13. The van der Waals surface area contributed by atoms with E-state index in [1.165, 1.54) is 12.6 Å². The van der Waals surface area contributed by atoms with Crippen LogP contribution in [0, 0.1) is 0 Å². The molecule has 0 fully saturated rings. The Morgan fingerprint density at radius 3 is 2.92 bits per heavy atom. The summed E-state index contributed by atoms with van der Waals surface area (Å²) < 4.78 is 11.8. The van der Waals surface area contributed by atoms with Gasteiger partial charge >= 0.3 is 11.1 Å². The van der Waals surface area contributed by atoms with Gasteiger partial charge in [-0.2, -0.15) is 5.10 Å². The molecule has 0 saturated carbocycles. The number of aromatic amines is 1. The topological polar surface area (TPSA) is 84.8 Å². The average molecular weight is 203 g/mol. The predicted molar refractivity (Wildman–Crippen MR) is 48.1 cm³/mol. The van der Waals surface area contributed by atoms with Crippen molar-refractivity contribution in [2.75, 3.05) is 12.0 Å². The molecule has 7 heteroatoms. The maximum absolute atomic E-state index is 11.1. The third-order valence-corrected chi connectivity index (χ3v) is 2.20. The number of nitrogens with one attached hydrogen (secondary N) is 1. The molecule has 0 spiro atoms. The molecule has 72 valence electrons. The SMILES string of the molecule is CS(=O)CCn1cn[nH]c(=O)c1=O. The van der Waals surface area contributed by atoms with Crippen molar-refractivity contribution in [2.24, 2.45) is 0 Å². The molecule has 13 heavy (non-hydrogen) atoms. The summed E-state index contributed by atoms with van der Waals surface area (Å²) in [7, 11) is -0.981. The molecule has 1 heterocycles. The summed E-state index contributed by atoms with van der Waals surface area (Å²) in [6, 6.07) is 0. The van der Waals surface area contributed by atoms with Crippen molar-refractivity contribution in [3.8, 4) is 0 Å². The molecule has 0 radical (unpaired) electrons. The van der Waals surface area contributed by atoms with E-state index >= 15 is 0 Å². The predicted octanol–water partition coefficient (Wildman–Crippen LogP) is -1.69. The first-order valence-corrected chi connectivity index (χ1v) is 5.28. The molecule has 0 amide bonds. The molecule has 1 aromatic rings. The van der Waals surface area contributed by atoms with Crippen LogP contribution in [-0.4, -0.2) is 31.0 Å². The number of rotatable bonds is 3. The quantitative estimate of drug-likeness (QED) is 0.594. The molecule has 0 saturated heterocycles. The maximum atomic E-state index is 11.1. The van der Waals surface area contributed by atoms with Crippen LogP contribution in [0.15, 0.2) is 15.9 Å². The van der Waals surface area contributed by atoms with Crippen LogP contribution in [0.1, 0.15) is 0 Å². The summed E-state index contributed by atoms with van der Waals surface area (Å²) >= 11 is 0. The Hall–Kier alpha value is -1.24. The fourth-order valence-corrected chi connectivity index (χ4v) is 1.23. The van der Waals surface area contributed by atoms with Crippen LogP contribution < -0.4 is 11.1 Å². The average Bonchev–Trinajstić information content (AvgIpc) is 2.07. The fourth-order valence-electron chi connectivity index (χ4n) is 0.774. The second-order valence-electron chi connectivity index (χ2n) is 2.46. The first-order chi connectivity index (χ1) is 6.11. The highest BCUT2D eigenvalue weighted by atomic mass is 32.2. The minimum atomic E-state index is -0.981. The first kappa shape index (κ1) is 9.85. The first-order valence-electron chi connectivity index (χ1n) is 3.55. The third kappa shape index (κ3) is 2.62. The summed E-state index contributed by atoms with van der Waals surface area (Å²) in [5.41, 5.74) is -1.43. The number of hydrogen-bond acceptors (Lipinski definition) is 4. The van der Waals surface area contributed by atoms with Crippen LogP contribution in [0.2, 0.25) is 0 Å². The van der Waals surface area contributed by atoms with Crippen molar-refractivity contribution >= 4 is 10.8 Å². The molecule has 1 atom stereocenters. The number of H-pyrrole nitrogens is 1. The van der Waals surface area contributed by atoms with Crippen molar-refractivity contribution < 1.29 is 4.21 Å². The molecule has 1 unspecified atom stereocenters. The molecule has 0 aromatic carbocycles. The smallest absolute Gasteiger partial charge is 0.292 e. The van der Waals surface area contributed by atoms with Crippen molar-refractivity contribution in [1.29, 1.82) is 0 Å². The van der Waals surface area contributed by atoms with Crippen LogP contribution in [0.25, 0.3) is 0 Å². The number of aromatic nitrogens is 3. The van der Waals surface area contributed by atoms with E-state index < -0.39 is 21.9 Å². The van der Waals surface area contributed by atoms with E-state index in [0.29, 0.717) is 5.75 Å². The Labute approximate surface area is 76.1 Å². The number of aryl methyl sites for hydroxylation is 1. The Balaban J connectivity index is 2.90. The Morgan fingerprint density at radius 1 is 1.62 bits per heavy atom. The molecule has 0 bridgehead atoms. The minimum absolute atomic E-state index is 0.249. The van der Waals surface area contributed by atoms with E-state index in [0.717, 1.165) is 4.57 Å². The zero-order valence-electron chi connectivity index (χ0n) is 7.02. The van der Waals surface area contributed by atoms with Gasteiger partial charge in [-0.3, -0.25) is 18.4 Å². The molecule has 1 N–H and O–H groups in total. The van der Waals surface area contributed by atoms with Gasteiger partial charge in [-0.25, -0.2) is 5.10 Å². The van der Waals surface area contributed by atoms with E-state index in [2.05, 4.69) is 5.10 Å². The van der Waals surface area contributed by atoms with Gasteiger partial charge in [-0.15, -0.1) is 0 Å². The normalized spacial score (nSPS) is 12.7. The highest BCUT2D eigenvalue weighted by Gasteiger charge is 2.00. The monoisotopic (exact) mass is 203 g/mol. The standard InChI is InChI=1S/C6H9N3O3S/c1-13(12)3-2-9-4-7-8-5(10)6(9)11/h4H,2-3H2,1H3,(H,8,10). The van der Waals surface area contributed by atoms with Gasteiger partial charge in [0.05, 0.1) is 0 Å². The van der Waals surface area contributed by atoms with Gasteiger partial charge in [0.2, 0.25) is 0 Å². The number of nitrogens with zero attached hydrogens (tertiary/aromatic N) is 2. The van der Waals surface area contributed by atoms with Crippen molar-refractivity contribution in [2.45, 2.75) is 6.54 Å². The van der Waals surface area contributed by atoms with Gasteiger partial charge in [0, 0.05) is 29.4 Å². The van der Waals surface area contributed by atoms with Gasteiger partial charge in [0.1, 0.15) is 6.33 Å². The van der Waals surface area contributed by atoms with Crippen molar-refractivity contribution in [3.63, 3.8) is 0 Å². The molecular weight excluding hydrogens is 194 g/mol. The third-order valence-electron chi connectivity index (χ3n) is 1.44. The lowest BCUT2D eigenvalue weighted by Crippen LogP contribution is -2.37.